The molecule has 5 nitrogen and oxygen atoms in total. The molecule has 0 radical (unpaired) electrons. The first-order valence-electron chi connectivity index (χ1n) is 9.22. The van der Waals surface area contributed by atoms with E-state index in [4.69, 9.17) is 9.72 Å². The number of amides is 1. The van der Waals surface area contributed by atoms with Crippen molar-refractivity contribution in [3.05, 3.63) is 71.3 Å². The normalized spacial score (nSPS) is 15.2. The van der Waals surface area contributed by atoms with Crippen LogP contribution in [-0.4, -0.2) is 30.1 Å². The third-order valence-corrected chi connectivity index (χ3v) is 4.94. The average Bonchev–Trinajstić information content (AvgIpc) is 2.64. The van der Waals surface area contributed by atoms with Gasteiger partial charge < -0.3 is 15.4 Å². The van der Waals surface area contributed by atoms with Gasteiger partial charge in [0.25, 0.3) is 5.91 Å². The van der Waals surface area contributed by atoms with Gasteiger partial charge >= 0.3 is 0 Å². The van der Waals surface area contributed by atoms with Crippen molar-refractivity contribution in [2.75, 3.05) is 18.5 Å². The molecule has 138 valence electrons. The van der Waals surface area contributed by atoms with Crippen LogP contribution in [-0.2, 0) is 4.74 Å². The van der Waals surface area contributed by atoms with E-state index in [-0.39, 0.29) is 11.9 Å². The third-order valence-electron chi connectivity index (χ3n) is 4.94. The molecule has 0 aliphatic carbocycles. The predicted molar refractivity (Wildman–Crippen MR) is 107 cm³/mol. The number of ether oxygens (including phenoxy) is 1. The summed E-state index contributed by atoms with van der Waals surface area (Å²) in [6.45, 7) is 5.35. The number of benzene rings is 2. The zero-order chi connectivity index (χ0) is 18.8. The van der Waals surface area contributed by atoms with Crippen molar-refractivity contribution in [1.29, 1.82) is 0 Å². The number of nitrogens with zero attached hydrogens (tertiary/aromatic N) is 1. The first kappa shape index (κ1) is 17.5. The van der Waals surface area contributed by atoms with E-state index in [2.05, 4.69) is 10.6 Å². The Balaban J connectivity index is 1.64. The first-order valence-corrected chi connectivity index (χ1v) is 9.22. The summed E-state index contributed by atoms with van der Waals surface area (Å²) in [5.41, 5.74) is 3.63. The highest BCUT2D eigenvalue weighted by atomic mass is 16.5. The molecule has 0 unspecified atom stereocenters. The van der Waals surface area contributed by atoms with Gasteiger partial charge in [0.05, 0.1) is 30.8 Å². The standard InChI is InChI=1S/C22H23N3O2/c1-14-7-3-4-8-17(14)22(26)23-15(2)19-11-21(24-16-12-27-13-16)25-20-10-6-5-9-18(19)20/h3-11,15-16H,12-13H2,1-2H3,(H,23,26)(H,24,25)/t15-/m1/s1. The molecule has 27 heavy (non-hydrogen) atoms. The third kappa shape index (κ3) is 3.64. The zero-order valence-corrected chi connectivity index (χ0v) is 15.5. The number of rotatable bonds is 5. The van der Waals surface area contributed by atoms with E-state index in [1.807, 2.05) is 68.4 Å². The van der Waals surface area contributed by atoms with Gasteiger partial charge in [0.2, 0.25) is 0 Å². The van der Waals surface area contributed by atoms with Gasteiger partial charge in [0, 0.05) is 10.9 Å². The van der Waals surface area contributed by atoms with Crippen molar-refractivity contribution in [2.45, 2.75) is 25.9 Å². The topological polar surface area (TPSA) is 63.2 Å². The summed E-state index contributed by atoms with van der Waals surface area (Å²) < 4.78 is 5.24. The SMILES string of the molecule is Cc1ccccc1C(=O)N[C@H](C)c1cc(NC2COC2)nc2ccccc12. The Hall–Kier alpha value is -2.92. The summed E-state index contributed by atoms with van der Waals surface area (Å²) >= 11 is 0. The molecule has 1 fully saturated rings. The zero-order valence-electron chi connectivity index (χ0n) is 15.5. The number of pyridine rings is 1. The number of hydrogen-bond acceptors (Lipinski definition) is 4. The van der Waals surface area contributed by atoms with Crippen LogP contribution in [0.5, 0.6) is 0 Å². The summed E-state index contributed by atoms with van der Waals surface area (Å²) in [6, 6.07) is 17.8. The van der Waals surface area contributed by atoms with E-state index in [0.29, 0.717) is 24.8 Å². The minimum Gasteiger partial charge on any atom is -0.377 e. The summed E-state index contributed by atoms with van der Waals surface area (Å²) in [4.78, 5) is 17.5. The lowest BCUT2D eigenvalue weighted by Gasteiger charge is -2.28. The molecule has 0 bridgehead atoms. The summed E-state index contributed by atoms with van der Waals surface area (Å²) in [5, 5.41) is 7.59. The fraction of sp³-hybridized carbons (Fsp3) is 0.273. The van der Waals surface area contributed by atoms with Crippen molar-refractivity contribution in [1.82, 2.24) is 10.3 Å². The van der Waals surface area contributed by atoms with Gasteiger partial charge in [0.15, 0.2) is 0 Å². The molecular formula is C22H23N3O2. The maximum atomic E-state index is 12.7. The number of para-hydroxylation sites is 1. The molecule has 1 saturated heterocycles. The molecule has 0 saturated carbocycles. The Bertz CT molecular complexity index is 982. The molecule has 1 aromatic heterocycles. The molecule has 4 rings (SSSR count). The molecule has 3 aromatic rings. The predicted octanol–water partition coefficient (Wildman–Crippen LogP) is 3.84. The molecule has 1 amide bonds. The highest BCUT2D eigenvalue weighted by molar-refractivity contribution is 5.96. The number of nitrogens with one attached hydrogen (secondary N) is 2. The Morgan fingerprint density at radius 1 is 1.15 bits per heavy atom. The van der Waals surface area contributed by atoms with Crippen LogP contribution in [0, 0.1) is 6.92 Å². The number of aryl methyl sites for hydroxylation is 1. The van der Waals surface area contributed by atoms with E-state index < -0.39 is 0 Å². The minimum absolute atomic E-state index is 0.0663. The van der Waals surface area contributed by atoms with Crippen molar-refractivity contribution in [3.63, 3.8) is 0 Å². The maximum Gasteiger partial charge on any atom is 0.252 e. The largest absolute Gasteiger partial charge is 0.377 e. The molecule has 2 heterocycles. The maximum absolute atomic E-state index is 12.7. The minimum atomic E-state index is -0.150. The van der Waals surface area contributed by atoms with Gasteiger partial charge in [-0.1, -0.05) is 36.4 Å². The summed E-state index contributed by atoms with van der Waals surface area (Å²) in [6.07, 6.45) is 0. The molecule has 2 N–H and O–H groups in total. The van der Waals surface area contributed by atoms with Gasteiger partial charge in [-0.3, -0.25) is 4.79 Å². The van der Waals surface area contributed by atoms with E-state index in [9.17, 15) is 4.79 Å². The van der Waals surface area contributed by atoms with Crippen LogP contribution in [0.3, 0.4) is 0 Å². The highest BCUT2D eigenvalue weighted by Crippen LogP contribution is 2.27. The smallest absolute Gasteiger partial charge is 0.252 e. The fourth-order valence-electron chi connectivity index (χ4n) is 3.34. The van der Waals surface area contributed by atoms with E-state index >= 15 is 0 Å². The van der Waals surface area contributed by atoms with Crippen LogP contribution < -0.4 is 10.6 Å². The van der Waals surface area contributed by atoms with Crippen LogP contribution in [0.2, 0.25) is 0 Å². The van der Waals surface area contributed by atoms with E-state index in [1.165, 1.54) is 0 Å². The highest BCUT2D eigenvalue weighted by Gasteiger charge is 2.20. The monoisotopic (exact) mass is 361 g/mol. The second-order valence-corrected chi connectivity index (χ2v) is 7.00. The van der Waals surface area contributed by atoms with Gasteiger partial charge in [-0.15, -0.1) is 0 Å². The number of aromatic nitrogens is 1. The molecule has 1 aliphatic heterocycles. The molecule has 1 aliphatic rings. The second-order valence-electron chi connectivity index (χ2n) is 7.00. The van der Waals surface area contributed by atoms with Crippen LogP contribution in [0.1, 0.15) is 34.5 Å². The lowest BCUT2D eigenvalue weighted by atomic mass is 10.0. The second kappa shape index (κ2) is 7.37. The first-order chi connectivity index (χ1) is 13.1. The number of hydrogen-bond donors (Lipinski definition) is 2. The number of anilines is 1. The lowest BCUT2D eigenvalue weighted by molar-refractivity contribution is 0.0209. The van der Waals surface area contributed by atoms with Crippen LogP contribution >= 0.6 is 0 Å². The van der Waals surface area contributed by atoms with E-state index in [1.54, 1.807) is 0 Å². The van der Waals surface area contributed by atoms with Gasteiger partial charge in [0.1, 0.15) is 5.82 Å². The Morgan fingerprint density at radius 2 is 1.89 bits per heavy atom. The van der Waals surface area contributed by atoms with Gasteiger partial charge in [-0.05, 0) is 43.2 Å². The van der Waals surface area contributed by atoms with Crippen LogP contribution in [0.15, 0.2) is 54.6 Å². The molecule has 1 atom stereocenters. The molecule has 2 aromatic carbocycles. The Labute approximate surface area is 158 Å². The Kier molecular flexibility index (Phi) is 4.77. The number of carbonyl (C=O) groups excluding carboxylic acids is 1. The summed E-state index contributed by atoms with van der Waals surface area (Å²) in [5.74, 6) is 0.748. The summed E-state index contributed by atoms with van der Waals surface area (Å²) in [7, 11) is 0. The fourth-order valence-corrected chi connectivity index (χ4v) is 3.34. The molecule has 5 heteroatoms. The quantitative estimate of drug-likeness (QED) is 0.725. The van der Waals surface area contributed by atoms with E-state index in [0.717, 1.165) is 27.8 Å². The van der Waals surface area contributed by atoms with Crippen molar-refractivity contribution >= 4 is 22.6 Å². The van der Waals surface area contributed by atoms with Crippen molar-refractivity contribution in [3.8, 4) is 0 Å². The lowest BCUT2D eigenvalue weighted by Crippen LogP contribution is -2.40. The molecule has 0 spiro atoms. The van der Waals surface area contributed by atoms with Gasteiger partial charge in [-0.2, -0.15) is 0 Å². The van der Waals surface area contributed by atoms with Crippen molar-refractivity contribution < 1.29 is 9.53 Å². The molecular weight excluding hydrogens is 338 g/mol. The number of fused-ring (bicyclic) bond motifs is 1. The van der Waals surface area contributed by atoms with Crippen molar-refractivity contribution in [2.24, 2.45) is 0 Å². The average molecular weight is 361 g/mol. The van der Waals surface area contributed by atoms with Crippen LogP contribution in [0.25, 0.3) is 10.9 Å². The van der Waals surface area contributed by atoms with Crippen LogP contribution in [0.4, 0.5) is 5.82 Å². The Morgan fingerprint density at radius 3 is 2.63 bits per heavy atom. The number of carbonyl (C=O) groups is 1. The van der Waals surface area contributed by atoms with Gasteiger partial charge in [-0.25, -0.2) is 4.98 Å².